The highest BCUT2D eigenvalue weighted by atomic mass is 32.2. The lowest BCUT2D eigenvalue weighted by Gasteiger charge is -2.34. The Morgan fingerprint density at radius 1 is 1.08 bits per heavy atom. The van der Waals surface area contributed by atoms with Crippen LogP contribution in [0.4, 0.5) is 4.79 Å². The first-order valence-corrected chi connectivity index (χ1v) is 13.8. The molecule has 8 nitrogen and oxygen atoms in total. The number of ether oxygens (including phenoxy) is 2. The number of carbonyl (C=O) groups is 1. The summed E-state index contributed by atoms with van der Waals surface area (Å²) in [6.07, 6.45) is 3.35. The molecule has 1 aliphatic rings. The van der Waals surface area contributed by atoms with Crippen LogP contribution in [0.1, 0.15) is 33.6 Å². The van der Waals surface area contributed by atoms with Crippen LogP contribution in [0.3, 0.4) is 0 Å². The van der Waals surface area contributed by atoms with Gasteiger partial charge in [0.25, 0.3) is 10.0 Å². The van der Waals surface area contributed by atoms with Crippen LogP contribution in [0, 0.1) is 5.92 Å². The second kappa shape index (κ2) is 10.9. The van der Waals surface area contributed by atoms with E-state index < -0.39 is 15.6 Å². The van der Waals surface area contributed by atoms with E-state index in [0.29, 0.717) is 36.9 Å². The zero-order chi connectivity index (χ0) is 25.8. The zero-order valence-corrected chi connectivity index (χ0v) is 22.0. The molecule has 1 aliphatic heterocycles. The Morgan fingerprint density at radius 2 is 1.86 bits per heavy atom. The number of aromatic nitrogens is 1. The van der Waals surface area contributed by atoms with Crippen molar-refractivity contribution >= 4 is 27.0 Å². The van der Waals surface area contributed by atoms with E-state index in [1.165, 1.54) is 3.97 Å². The number of fused-ring (bicyclic) bond motifs is 1. The van der Waals surface area contributed by atoms with E-state index in [1.807, 2.05) is 26.8 Å². The third-order valence-corrected chi connectivity index (χ3v) is 7.80. The van der Waals surface area contributed by atoms with Crippen molar-refractivity contribution in [1.29, 1.82) is 0 Å². The third-order valence-electron chi connectivity index (χ3n) is 6.10. The fraction of sp³-hybridized carbons (Fsp3) is 0.444. The molecule has 1 saturated heterocycles. The van der Waals surface area contributed by atoms with E-state index in [4.69, 9.17) is 9.47 Å². The lowest BCUT2D eigenvalue weighted by molar-refractivity contribution is 0.0166. The summed E-state index contributed by atoms with van der Waals surface area (Å²) >= 11 is 0. The van der Waals surface area contributed by atoms with E-state index in [1.54, 1.807) is 59.6 Å². The highest BCUT2D eigenvalue weighted by Gasteiger charge is 2.27. The first-order valence-electron chi connectivity index (χ1n) is 12.4. The fourth-order valence-corrected chi connectivity index (χ4v) is 5.79. The number of piperidine rings is 1. The summed E-state index contributed by atoms with van der Waals surface area (Å²) in [6.45, 7) is 8.94. The van der Waals surface area contributed by atoms with Crippen molar-refractivity contribution in [2.45, 2.75) is 44.1 Å². The molecule has 2 heterocycles. The lowest BCUT2D eigenvalue weighted by atomic mass is 9.98. The number of nitrogens with zero attached hydrogens (tertiary/aromatic N) is 2. The molecule has 0 bridgehead atoms. The smallest absolute Gasteiger partial charge is 0.410 e. The van der Waals surface area contributed by atoms with Gasteiger partial charge in [-0.25, -0.2) is 17.2 Å². The minimum atomic E-state index is -3.69. The maximum atomic E-state index is 13.1. The number of hydrogen-bond acceptors (Lipinski definition) is 6. The van der Waals surface area contributed by atoms with E-state index in [0.717, 1.165) is 31.3 Å². The van der Waals surface area contributed by atoms with Gasteiger partial charge >= 0.3 is 6.09 Å². The van der Waals surface area contributed by atoms with Crippen molar-refractivity contribution in [2.24, 2.45) is 5.92 Å². The van der Waals surface area contributed by atoms with Gasteiger partial charge in [-0.15, -0.1) is 0 Å². The van der Waals surface area contributed by atoms with Crippen molar-refractivity contribution in [2.75, 3.05) is 32.8 Å². The molecule has 2 aromatic carbocycles. The van der Waals surface area contributed by atoms with Gasteiger partial charge in [-0.3, -0.25) is 0 Å². The zero-order valence-electron chi connectivity index (χ0n) is 21.1. The summed E-state index contributed by atoms with van der Waals surface area (Å²) in [7, 11) is -3.69. The minimum Gasteiger partial charge on any atom is -0.492 e. The van der Waals surface area contributed by atoms with E-state index in [-0.39, 0.29) is 11.0 Å². The number of nitrogens with one attached hydrogen (secondary N) is 1. The quantitative estimate of drug-likeness (QED) is 0.446. The number of amides is 1. The van der Waals surface area contributed by atoms with Gasteiger partial charge in [0.1, 0.15) is 18.0 Å². The van der Waals surface area contributed by atoms with Crippen LogP contribution in [0.15, 0.2) is 65.7 Å². The van der Waals surface area contributed by atoms with Crippen molar-refractivity contribution in [3.05, 3.63) is 60.8 Å². The predicted octanol–water partition coefficient (Wildman–Crippen LogP) is 4.49. The number of carbonyl (C=O) groups excluding carboxylic acids is 1. The van der Waals surface area contributed by atoms with Gasteiger partial charge in [-0.2, -0.15) is 0 Å². The molecule has 1 atom stereocenters. The van der Waals surface area contributed by atoms with Crippen LogP contribution in [0.2, 0.25) is 0 Å². The standard InChI is InChI=1S/C27H35N3O5S/c1-27(2,3)35-26(31)29-16-8-9-21(20-29)19-28-15-18-34-25-13-7-12-24-23(25)14-17-30(24)36(32,33)22-10-5-4-6-11-22/h4-7,10-14,17,21,28H,8-9,15-16,18-20H2,1-3H3/t21-/m0/s1. The average molecular weight is 514 g/mol. The molecule has 1 N–H and O–H groups in total. The largest absolute Gasteiger partial charge is 0.492 e. The first-order chi connectivity index (χ1) is 17.1. The van der Waals surface area contributed by atoms with Crippen molar-refractivity contribution in [3.8, 4) is 5.75 Å². The summed E-state index contributed by atoms with van der Waals surface area (Å²) in [5, 5.41) is 4.17. The Balaban J connectivity index is 1.30. The van der Waals surface area contributed by atoms with Gasteiger partial charge in [0.05, 0.1) is 10.4 Å². The van der Waals surface area contributed by atoms with Crippen LogP contribution >= 0.6 is 0 Å². The predicted molar refractivity (Wildman–Crippen MR) is 140 cm³/mol. The van der Waals surface area contributed by atoms with Gasteiger partial charge in [-0.1, -0.05) is 24.3 Å². The molecule has 0 unspecified atom stereocenters. The number of hydrogen-bond donors (Lipinski definition) is 1. The van der Waals surface area contributed by atoms with Gasteiger partial charge in [0.2, 0.25) is 0 Å². The average Bonchev–Trinajstić information content (AvgIpc) is 3.29. The summed E-state index contributed by atoms with van der Waals surface area (Å²) < 4.78 is 39.0. The van der Waals surface area contributed by atoms with Crippen molar-refractivity contribution < 1.29 is 22.7 Å². The summed E-state index contributed by atoms with van der Waals surface area (Å²) in [5.74, 6) is 1.01. The Kier molecular flexibility index (Phi) is 7.90. The maximum Gasteiger partial charge on any atom is 0.410 e. The van der Waals surface area contributed by atoms with Crippen LogP contribution in [0.5, 0.6) is 5.75 Å². The molecule has 0 aliphatic carbocycles. The number of rotatable bonds is 8. The van der Waals surface area contributed by atoms with Crippen LogP contribution in [0.25, 0.3) is 10.9 Å². The highest BCUT2D eigenvalue weighted by molar-refractivity contribution is 7.90. The Labute approximate surface area is 213 Å². The topological polar surface area (TPSA) is 89.9 Å². The summed E-state index contributed by atoms with van der Waals surface area (Å²) in [5.41, 5.74) is 0.0867. The van der Waals surface area contributed by atoms with Gasteiger partial charge in [0.15, 0.2) is 0 Å². The Hall–Kier alpha value is -3.04. The molecule has 0 spiro atoms. The number of likely N-dealkylation sites (tertiary alicyclic amines) is 1. The van der Waals surface area contributed by atoms with Crippen LogP contribution in [-0.4, -0.2) is 61.8 Å². The molecule has 0 saturated carbocycles. The molecule has 1 fully saturated rings. The van der Waals surface area contributed by atoms with E-state index >= 15 is 0 Å². The van der Waals surface area contributed by atoms with Crippen molar-refractivity contribution in [3.63, 3.8) is 0 Å². The highest BCUT2D eigenvalue weighted by Crippen LogP contribution is 2.29. The number of benzene rings is 2. The van der Waals surface area contributed by atoms with Crippen LogP contribution in [-0.2, 0) is 14.8 Å². The Bertz CT molecular complexity index is 1280. The van der Waals surface area contributed by atoms with E-state index in [9.17, 15) is 13.2 Å². The molecular formula is C27H35N3O5S. The molecule has 3 aromatic rings. The molecule has 36 heavy (non-hydrogen) atoms. The second-order valence-corrected chi connectivity index (χ2v) is 11.9. The molecule has 0 radical (unpaired) electrons. The first kappa shape index (κ1) is 26.0. The van der Waals surface area contributed by atoms with Gasteiger partial charge in [0, 0.05) is 31.2 Å². The second-order valence-electron chi connectivity index (χ2n) is 10.1. The third kappa shape index (κ3) is 6.20. The molecular weight excluding hydrogens is 478 g/mol. The SMILES string of the molecule is CC(C)(C)OC(=O)N1CCC[C@@H](CNCCOc2cccc3c2ccn3S(=O)(=O)c2ccccc2)C1. The summed E-state index contributed by atoms with van der Waals surface area (Å²) in [4.78, 5) is 14.4. The van der Waals surface area contributed by atoms with E-state index in [2.05, 4.69) is 5.32 Å². The normalized spacial score (nSPS) is 16.8. The minimum absolute atomic E-state index is 0.242. The lowest BCUT2D eigenvalue weighted by Crippen LogP contribution is -2.45. The molecule has 9 heteroatoms. The Morgan fingerprint density at radius 3 is 2.61 bits per heavy atom. The maximum absolute atomic E-state index is 13.1. The van der Waals surface area contributed by atoms with Crippen molar-refractivity contribution in [1.82, 2.24) is 14.2 Å². The fourth-order valence-electron chi connectivity index (χ4n) is 4.42. The molecule has 194 valence electrons. The van der Waals surface area contributed by atoms with Gasteiger partial charge in [-0.05, 0) is 76.4 Å². The van der Waals surface area contributed by atoms with Gasteiger partial charge < -0.3 is 19.7 Å². The molecule has 1 aromatic heterocycles. The molecule has 4 rings (SSSR count). The molecule has 1 amide bonds. The summed E-state index contributed by atoms with van der Waals surface area (Å²) in [6, 6.07) is 15.6. The monoisotopic (exact) mass is 513 g/mol. The van der Waals surface area contributed by atoms with Crippen LogP contribution < -0.4 is 10.1 Å².